The second-order valence-corrected chi connectivity index (χ2v) is 8.44. The molecule has 1 heterocycles. The lowest BCUT2D eigenvalue weighted by atomic mass is 10.1. The van der Waals surface area contributed by atoms with Gasteiger partial charge in [-0.2, -0.15) is 0 Å². The highest BCUT2D eigenvalue weighted by Crippen LogP contribution is 2.46. The summed E-state index contributed by atoms with van der Waals surface area (Å²) in [5, 5.41) is 14.2. The molecule has 1 N–H and O–H groups in total. The van der Waals surface area contributed by atoms with Gasteiger partial charge in [0.05, 0.1) is 0 Å². The van der Waals surface area contributed by atoms with Crippen LogP contribution < -0.4 is 5.32 Å². The minimum Gasteiger partial charge on any atom is -0.316 e. The standard InChI is InChI=1S/C16H28N4S/c1-11(2)8-9-17-10-12(3)21-16-19-18-15(13-4-5-13)20(16)14-6-7-14/h11-14,17H,4-10H2,1-3H3. The zero-order valence-electron chi connectivity index (χ0n) is 13.5. The molecule has 4 nitrogen and oxygen atoms in total. The molecular weight excluding hydrogens is 280 g/mol. The summed E-state index contributed by atoms with van der Waals surface area (Å²) in [5.74, 6) is 2.74. The first-order valence-electron chi connectivity index (χ1n) is 8.47. The van der Waals surface area contributed by atoms with Gasteiger partial charge in [0.2, 0.25) is 0 Å². The molecular formula is C16H28N4S. The van der Waals surface area contributed by atoms with Gasteiger partial charge in [-0.1, -0.05) is 32.5 Å². The number of aromatic nitrogens is 3. The average molecular weight is 308 g/mol. The molecule has 0 aliphatic heterocycles. The van der Waals surface area contributed by atoms with Gasteiger partial charge < -0.3 is 9.88 Å². The molecule has 0 amide bonds. The number of nitrogens with one attached hydrogen (secondary N) is 1. The van der Waals surface area contributed by atoms with Crippen molar-refractivity contribution in [3.8, 4) is 0 Å². The first kappa shape index (κ1) is 15.3. The van der Waals surface area contributed by atoms with Gasteiger partial charge in [-0.15, -0.1) is 10.2 Å². The van der Waals surface area contributed by atoms with E-state index in [1.165, 1.54) is 37.9 Å². The fraction of sp³-hybridized carbons (Fsp3) is 0.875. The van der Waals surface area contributed by atoms with E-state index in [1.807, 2.05) is 11.8 Å². The number of nitrogens with zero attached hydrogens (tertiary/aromatic N) is 3. The van der Waals surface area contributed by atoms with Crippen LogP contribution in [0.1, 0.15) is 70.7 Å². The van der Waals surface area contributed by atoms with E-state index < -0.39 is 0 Å². The van der Waals surface area contributed by atoms with Gasteiger partial charge in [-0.05, 0) is 44.6 Å². The SMILES string of the molecule is CC(C)CCNCC(C)Sc1nnc(C2CC2)n1C1CC1. The fourth-order valence-corrected chi connectivity index (χ4v) is 3.59. The highest BCUT2D eigenvalue weighted by atomic mass is 32.2. The fourth-order valence-electron chi connectivity index (χ4n) is 2.58. The van der Waals surface area contributed by atoms with Crippen LogP contribution in [-0.4, -0.2) is 33.1 Å². The molecule has 0 aromatic carbocycles. The Morgan fingerprint density at radius 3 is 2.57 bits per heavy atom. The second-order valence-electron chi connectivity index (χ2n) is 7.03. The third kappa shape index (κ3) is 4.22. The zero-order valence-corrected chi connectivity index (χ0v) is 14.3. The minimum absolute atomic E-state index is 0.547. The Hall–Kier alpha value is -0.550. The monoisotopic (exact) mass is 308 g/mol. The number of hydrogen-bond acceptors (Lipinski definition) is 4. The maximum atomic E-state index is 4.48. The minimum atomic E-state index is 0.547. The lowest BCUT2D eigenvalue weighted by Crippen LogP contribution is -2.24. The largest absolute Gasteiger partial charge is 0.316 e. The summed E-state index contributed by atoms with van der Waals surface area (Å²) in [6.07, 6.45) is 6.49. The third-order valence-electron chi connectivity index (χ3n) is 4.18. The van der Waals surface area contributed by atoms with Gasteiger partial charge in [0.15, 0.2) is 5.16 Å². The van der Waals surface area contributed by atoms with E-state index in [4.69, 9.17) is 0 Å². The van der Waals surface area contributed by atoms with Crippen molar-refractivity contribution in [3.63, 3.8) is 0 Å². The first-order chi connectivity index (χ1) is 10.1. The molecule has 1 aromatic heterocycles. The van der Waals surface area contributed by atoms with Gasteiger partial charge in [-0.25, -0.2) is 0 Å². The molecule has 2 aliphatic carbocycles. The van der Waals surface area contributed by atoms with Crippen LogP contribution in [0.25, 0.3) is 0 Å². The first-order valence-corrected chi connectivity index (χ1v) is 9.35. The van der Waals surface area contributed by atoms with Crippen molar-refractivity contribution in [2.75, 3.05) is 13.1 Å². The van der Waals surface area contributed by atoms with E-state index in [9.17, 15) is 0 Å². The smallest absolute Gasteiger partial charge is 0.191 e. The van der Waals surface area contributed by atoms with Crippen molar-refractivity contribution < 1.29 is 0 Å². The van der Waals surface area contributed by atoms with E-state index in [-0.39, 0.29) is 0 Å². The van der Waals surface area contributed by atoms with Crippen LogP contribution in [0.2, 0.25) is 0 Å². The van der Waals surface area contributed by atoms with Crippen molar-refractivity contribution in [1.82, 2.24) is 20.1 Å². The third-order valence-corrected chi connectivity index (χ3v) is 5.24. The summed E-state index contributed by atoms with van der Waals surface area (Å²) >= 11 is 1.89. The van der Waals surface area contributed by atoms with E-state index >= 15 is 0 Å². The molecule has 2 aliphatic rings. The summed E-state index contributed by atoms with van der Waals surface area (Å²) in [7, 11) is 0. The Balaban J connectivity index is 1.52. The van der Waals surface area contributed by atoms with E-state index in [2.05, 4.69) is 40.9 Å². The molecule has 1 unspecified atom stereocenters. The van der Waals surface area contributed by atoms with Gasteiger partial charge in [0.1, 0.15) is 5.82 Å². The Morgan fingerprint density at radius 1 is 1.19 bits per heavy atom. The van der Waals surface area contributed by atoms with E-state index in [0.717, 1.165) is 24.2 Å². The molecule has 2 fully saturated rings. The van der Waals surface area contributed by atoms with Crippen molar-refractivity contribution in [2.24, 2.45) is 5.92 Å². The number of hydrogen-bond donors (Lipinski definition) is 1. The molecule has 0 bridgehead atoms. The van der Waals surface area contributed by atoms with E-state index in [1.54, 1.807) is 0 Å². The normalized spacial score (nSPS) is 20.2. The van der Waals surface area contributed by atoms with Crippen LogP contribution in [0, 0.1) is 5.92 Å². The molecule has 0 spiro atoms. The van der Waals surface area contributed by atoms with Gasteiger partial charge in [0, 0.05) is 23.8 Å². The Morgan fingerprint density at radius 2 is 1.95 bits per heavy atom. The predicted octanol–water partition coefficient (Wildman–Crippen LogP) is 3.61. The highest BCUT2D eigenvalue weighted by Gasteiger charge is 2.36. The van der Waals surface area contributed by atoms with Crippen molar-refractivity contribution >= 4 is 11.8 Å². The van der Waals surface area contributed by atoms with Crippen LogP contribution in [0.5, 0.6) is 0 Å². The van der Waals surface area contributed by atoms with E-state index in [0.29, 0.717) is 17.2 Å². The maximum Gasteiger partial charge on any atom is 0.191 e. The summed E-state index contributed by atoms with van der Waals surface area (Å²) < 4.78 is 2.45. The molecule has 3 rings (SSSR count). The zero-order chi connectivity index (χ0) is 14.8. The van der Waals surface area contributed by atoms with Gasteiger partial charge in [0.25, 0.3) is 0 Å². The molecule has 1 atom stereocenters. The second kappa shape index (κ2) is 6.69. The Kier molecular flexibility index (Phi) is 4.89. The number of rotatable bonds is 9. The quantitative estimate of drug-likeness (QED) is 0.559. The topological polar surface area (TPSA) is 42.7 Å². The molecule has 118 valence electrons. The average Bonchev–Trinajstić information content (AvgIpc) is 3.34. The van der Waals surface area contributed by atoms with Crippen molar-refractivity contribution in [2.45, 2.75) is 75.2 Å². The van der Waals surface area contributed by atoms with Crippen molar-refractivity contribution in [1.29, 1.82) is 0 Å². The van der Waals surface area contributed by atoms with Crippen LogP contribution in [0.3, 0.4) is 0 Å². The lowest BCUT2D eigenvalue weighted by Gasteiger charge is -2.14. The maximum absolute atomic E-state index is 4.48. The van der Waals surface area contributed by atoms with Crippen LogP contribution in [0.15, 0.2) is 5.16 Å². The lowest BCUT2D eigenvalue weighted by molar-refractivity contribution is 0.538. The molecule has 0 radical (unpaired) electrons. The van der Waals surface area contributed by atoms with Crippen molar-refractivity contribution in [3.05, 3.63) is 5.82 Å². The Labute approximate surface area is 132 Å². The van der Waals surface area contributed by atoms with Crippen LogP contribution in [-0.2, 0) is 0 Å². The van der Waals surface area contributed by atoms with Crippen LogP contribution >= 0.6 is 11.8 Å². The summed E-state index contributed by atoms with van der Waals surface area (Å²) in [6.45, 7) is 9.00. The van der Waals surface area contributed by atoms with Gasteiger partial charge in [-0.3, -0.25) is 0 Å². The van der Waals surface area contributed by atoms with Gasteiger partial charge >= 0.3 is 0 Å². The summed E-state index contributed by atoms with van der Waals surface area (Å²) in [5.41, 5.74) is 0. The predicted molar refractivity (Wildman–Crippen MR) is 87.9 cm³/mol. The molecule has 21 heavy (non-hydrogen) atoms. The van der Waals surface area contributed by atoms with Crippen LogP contribution in [0.4, 0.5) is 0 Å². The summed E-state index contributed by atoms with van der Waals surface area (Å²) in [4.78, 5) is 0. The molecule has 1 aromatic rings. The Bertz CT molecular complexity index is 463. The molecule has 0 saturated heterocycles. The number of thioether (sulfide) groups is 1. The molecule has 5 heteroatoms. The summed E-state index contributed by atoms with van der Waals surface area (Å²) in [6, 6.07) is 0.694. The molecule has 2 saturated carbocycles. The highest BCUT2D eigenvalue weighted by molar-refractivity contribution is 7.99.